The zero-order valence-corrected chi connectivity index (χ0v) is 7.98. The molecule has 0 aliphatic heterocycles. The lowest BCUT2D eigenvalue weighted by Gasteiger charge is -2.12. The van der Waals surface area contributed by atoms with Gasteiger partial charge in [0.2, 0.25) is 0 Å². The number of methoxy groups -OCH3 is 1. The van der Waals surface area contributed by atoms with Crippen LogP contribution in [0.4, 0.5) is 13.2 Å². The van der Waals surface area contributed by atoms with E-state index in [0.717, 1.165) is 6.07 Å². The van der Waals surface area contributed by atoms with Crippen molar-refractivity contribution in [2.75, 3.05) is 7.11 Å². The number of halogens is 3. The van der Waals surface area contributed by atoms with Gasteiger partial charge in [0.05, 0.1) is 12.7 Å². The van der Waals surface area contributed by atoms with Crippen LogP contribution < -0.4 is 4.74 Å². The average Bonchev–Trinajstić information content (AvgIpc) is 2.15. The lowest BCUT2D eigenvalue weighted by molar-refractivity contribution is -0.138. The Labute approximate surface area is 80.5 Å². The van der Waals surface area contributed by atoms with E-state index >= 15 is 0 Å². The van der Waals surface area contributed by atoms with Crippen molar-refractivity contribution < 1.29 is 17.9 Å². The molecule has 0 unspecified atom stereocenters. The van der Waals surface area contributed by atoms with E-state index < -0.39 is 11.7 Å². The summed E-state index contributed by atoms with van der Waals surface area (Å²) in [7, 11) is 1.23. The molecule has 1 nitrogen and oxygen atoms in total. The smallest absolute Gasteiger partial charge is 0.419 e. The minimum Gasteiger partial charge on any atom is -0.496 e. The third kappa shape index (κ3) is 2.19. The molecular formula is C10H11F3O. The third-order valence-electron chi connectivity index (χ3n) is 1.98. The lowest BCUT2D eigenvalue weighted by Crippen LogP contribution is -2.08. The molecule has 0 amide bonds. The molecule has 0 saturated carbocycles. The Balaban J connectivity index is 3.22. The van der Waals surface area contributed by atoms with Crippen LogP contribution in [0.1, 0.15) is 18.1 Å². The standard InChI is InChI=1S/C10H11F3O/c1-3-7-4-5-9(14-2)8(6-7)10(11,12)13/h4-6H,3H2,1-2H3. The molecule has 78 valence electrons. The number of benzene rings is 1. The monoisotopic (exact) mass is 204 g/mol. The van der Waals surface area contributed by atoms with Gasteiger partial charge in [0.15, 0.2) is 0 Å². The number of ether oxygens (including phenoxy) is 1. The molecule has 1 rings (SSSR count). The molecule has 0 bridgehead atoms. The molecule has 0 radical (unpaired) electrons. The highest BCUT2D eigenvalue weighted by atomic mass is 19.4. The van der Waals surface area contributed by atoms with Crippen molar-refractivity contribution in [1.29, 1.82) is 0 Å². The van der Waals surface area contributed by atoms with Gasteiger partial charge in [0, 0.05) is 0 Å². The van der Waals surface area contributed by atoms with E-state index in [2.05, 4.69) is 4.74 Å². The number of hydrogen-bond donors (Lipinski definition) is 0. The summed E-state index contributed by atoms with van der Waals surface area (Å²) in [6, 6.07) is 4.11. The Hall–Kier alpha value is -1.19. The topological polar surface area (TPSA) is 9.23 Å². The molecule has 0 aliphatic carbocycles. The highest BCUT2D eigenvalue weighted by Gasteiger charge is 2.34. The normalized spacial score (nSPS) is 11.5. The van der Waals surface area contributed by atoms with Crippen LogP contribution in [0, 0.1) is 0 Å². The van der Waals surface area contributed by atoms with Crippen molar-refractivity contribution >= 4 is 0 Å². The van der Waals surface area contributed by atoms with Gasteiger partial charge in [-0.05, 0) is 24.1 Å². The van der Waals surface area contributed by atoms with E-state index in [0.29, 0.717) is 12.0 Å². The Kier molecular flexibility index (Phi) is 3.03. The Bertz CT molecular complexity index is 318. The van der Waals surface area contributed by atoms with Crippen LogP contribution in [0.25, 0.3) is 0 Å². The van der Waals surface area contributed by atoms with E-state index in [4.69, 9.17) is 0 Å². The van der Waals surface area contributed by atoms with Gasteiger partial charge < -0.3 is 4.74 Å². The first-order valence-electron chi connectivity index (χ1n) is 4.23. The fraction of sp³-hybridized carbons (Fsp3) is 0.400. The summed E-state index contributed by atoms with van der Waals surface area (Å²) in [6.45, 7) is 1.81. The molecule has 0 N–H and O–H groups in total. The first-order chi connectivity index (χ1) is 6.49. The first kappa shape index (κ1) is 10.9. The van der Waals surface area contributed by atoms with Gasteiger partial charge in [0.25, 0.3) is 0 Å². The molecule has 4 heteroatoms. The molecule has 0 aromatic heterocycles. The maximum atomic E-state index is 12.5. The Morgan fingerprint density at radius 3 is 2.36 bits per heavy atom. The number of aryl methyl sites for hydroxylation is 1. The second kappa shape index (κ2) is 3.90. The maximum absolute atomic E-state index is 12.5. The second-order valence-corrected chi connectivity index (χ2v) is 2.89. The number of rotatable bonds is 2. The molecule has 14 heavy (non-hydrogen) atoms. The van der Waals surface area contributed by atoms with Crippen LogP contribution in [-0.2, 0) is 12.6 Å². The Morgan fingerprint density at radius 1 is 1.29 bits per heavy atom. The predicted octanol–water partition coefficient (Wildman–Crippen LogP) is 3.28. The summed E-state index contributed by atoms with van der Waals surface area (Å²) in [6.07, 6.45) is -3.77. The van der Waals surface area contributed by atoms with Crippen LogP contribution in [-0.4, -0.2) is 7.11 Å². The number of alkyl halides is 3. The first-order valence-corrected chi connectivity index (χ1v) is 4.23. The van der Waals surface area contributed by atoms with Crippen molar-refractivity contribution in [3.05, 3.63) is 29.3 Å². The van der Waals surface area contributed by atoms with Crippen LogP contribution >= 0.6 is 0 Å². The predicted molar refractivity (Wildman–Crippen MR) is 47.4 cm³/mol. The molecule has 0 atom stereocenters. The average molecular weight is 204 g/mol. The van der Waals surface area contributed by atoms with Gasteiger partial charge in [-0.15, -0.1) is 0 Å². The van der Waals surface area contributed by atoms with E-state index in [9.17, 15) is 13.2 Å². The minimum absolute atomic E-state index is 0.130. The van der Waals surface area contributed by atoms with Crippen molar-refractivity contribution in [2.45, 2.75) is 19.5 Å². The van der Waals surface area contributed by atoms with Gasteiger partial charge in [-0.25, -0.2) is 0 Å². The van der Waals surface area contributed by atoms with E-state index in [1.807, 2.05) is 6.92 Å². The summed E-state index contributed by atoms with van der Waals surface area (Å²) >= 11 is 0. The maximum Gasteiger partial charge on any atom is 0.419 e. The molecule has 1 aromatic carbocycles. The summed E-state index contributed by atoms with van der Waals surface area (Å²) < 4.78 is 42.1. The van der Waals surface area contributed by atoms with Gasteiger partial charge >= 0.3 is 6.18 Å². The summed E-state index contributed by atoms with van der Waals surface area (Å²) in [5.41, 5.74) is -0.0579. The van der Waals surface area contributed by atoms with Crippen molar-refractivity contribution in [3.63, 3.8) is 0 Å². The number of hydrogen-bond acceptors (Lipinski definition) is 1. The Morgan fingerprint density at radius 2 is 1.93 bits per heavy atom. The van der Waals surface area contributed by atoms with Crippen LogP contribution in [0.3, 0.4) is 0 Å². The van der Waals surface area contributed by atoms with Crippen LogP contribution in [0.15, 0.2) is 18.2 Å². The van der Waals surface area contributed by atoms with Gasteiger partial charge in [-0.2, -0.15) is 13.2 Å². The van der Waals surface area contributed by atoms with E-state index in [-0.39, 0.29) is 5.75 Å². The molecule has 0 heterocycles. The van der Waals surface area contributed by atoms with E-state index in [1.165, 1.54) is 13.2 Å². The molecule has 0 fully saturated rings. The minimum atomic E-state index is -4.35. The van der Waals surface area contributed by atoms with Gasteiger partial charge in [-0.3, -0.25) is 0 Å². The second-order valence-electron chi connectivity index (χ2n) is 2.89. The van der Waals surface area contributed by atoms with Crippen molar-refractivity contribution in [2.24, 2.45) is 0 Å². The fourth-order valence-corrected chi connectivity index (χ4v) is 1.20. The zero-order valence-electron chi connectivity index (χ0n) is 7.98. The highest BCUT2D eigenvalue weighted by Crippen LogP contribution is 2.36. The molecule has 1 aromatic rings. The molecule has 0 aliphatic rings. The quantitative estimate of drug-likeness (QED) is 0.718. The largest absolute Gasteiger partial charge is 0.496 e. The summed E-state index contributed by atoms with van der Waals surface area (Å²) in [4.78, 5) is 0. The fourth-order valence-electron chi connectivity index (χ4n) is 1.20. The SMILES string of the molecule is CCc1ccc(OC)c(C(F)(F)F)c1. The lowest BCUT2D eigenvalue weighted by atomic mass is 10.1. The van der Waals surface area contributed by atoms with Gasteiger partial charge in [0.1, 0.15) is 5.75 Å². The molecular weight excluding hydrogens is 193 g/mol. The van der Waals surface area contributed by atoms with Crippen molar-refractivity contribution in [1.82, 2.24) is 0 Å². The van der Waals surface area contributed by atoms with Crippen molar-refractivity contribution in [3.8, 4) is 5.75 Å². The third-order valence-corrected chi connectivity index (χ3v) is 1.98. The zero-order chi connectivity index (χ0) is 10.8. The van der Waals surface area contributed by atoms with Gasteiger partial charge in [-0.1, -0.05) is 13.0 Å². The van der Waals surface area contributed by atoms with Crippen LogP contribution in [0.5, 0.6) is 5.75 Å². The van der Waals surface area contributed by atoms with Crippen LogP contribution in [0.2, 0.25) is 0 Å². The molecule has 0 saturated heterocycles. The summed E-state index contributed by atoms with van der Waals surface area (Å²) in [5.74, 6) is -0.130. The van der Waals surface area contributed by atoms with E-state index in [1.54, 1.807) is 6.07 Å². The summed E-state index contributed by atoms with van der Waals surface area (Å²) in [5, 5.41) is 0. The molecule has 0 spiro atoms. The highest BCUT2D eigenvalue weighted by molar-refractivity contribution is 5.39.